The lowest BCUT2D eigenvalue weighted by molar-refractivity contribution is 0.317. The van der Waals surface area contributed by atoms with Crippen molar-refractivity contribution in [2.75, 3.05) is 0 Å². The minimum absolute atomic E-state index is 0.117. The van der Waals surface area contributed by atoms with Crippen molar-refractivity contribution >= 4 is 21.9 Å². The van der Waals surface area contributed by atoms with Crippen molar-refractivity contribution in [3.63, 3.8) is 0 Å². The number of aromatic nitrogens is 3. The van der Waals surface area contributed by atoms with Crippen LogP contribution < -0.4 is 11.0 Å². The Bertz CT molecular complexity index is 1180. The van der Waals surface area contributed by atoms with Gasteiger partial charge in [0.1, 0.15) is 11.2 Å². The van der Waals surface area contributed by atoms with Gasteiger partial charge in [-0.25, -0.2) is 4.98 Å². The molecule has 1 aromatic carbocycles. The molecular weight excluding hydrogens is 362 g/mol. The molecule has 2 aliphatic carbocycles. The summed E-state index contributed by atoms with van der Waals surface area (Å²) in [6.07, 6.45) is 11.4. The average Bonchev–Trinajstić information content (AvgIpc) is 2.78. The summed E-state index contributed by atoms with van der Waals surface area (Å²) in [5, 5.41) is 0.860. The molecule has 3 aromatic rings. The van der Waals surface area contributed by atoms with Gasteiger partial charge >= 0.3 is 0 Å². The van der Waals surface area contributed by atoms with Crippen LogP contribution in [0.5, 0.6) is 0 Å². The number of hydrogen-bond donors (Lipinski definition) is 0. The molecule has 5 nitrogen and oxygen atoms in total. The van der Waals surface area contributed by atoms with Crippen molar-refractivity contribution in [2.45, 2.75) is 76.2 Å². The average molecular weight is 392 g/mol. The van der Waals surface area contributed by atoms with Gasteiger partial charge in [0.05, 0.1) is 5.52 Å². The summed E-state index contributed by atoms with van der Waals surface area (Å²) in [5.74, 6) is 1.25. The lowest BCUT2D eigenvalue weighted by atomic mass is 9.87. The first-order valence-electron chi connectivity index (χ1n) is 11.2. The summed E-state index contributed by atoms with van der Waals surface area (Å²) >= 11 is 0. The molecule has 0 radical (unpaired) electrons. The highest BCUT2D eigenvalue weighted by molar-refractivity contribution is 5.91. The molecule has 2 saturated carbocycles. The Morgan fingerprint density at radius 3 is 2.28 bits per heavy atom. The van der Waals surface area contributed by atoms with Gasteiger partial charge < -0.3 is 4.57 Å². The van der Waals surface area contributed by atoms with Gasteiger partial charge in [-0.15, -0.1) is 0 Å². The Hall–Kier alpha value is -2.43. The first-order chi connectivity index (χ1) is 14.2. The van der Waals surface area contributed by atoms with Gasteiger partial charge in [-0.1, -0.05) is 50.7 Å². The Balaban J connectivity index is 1.85. The van der Waals surface area contributed by atoms with Crippen LogP contribution in [-0.2, 0) is 7.05 Å². The van der Waals surface area contributed by atoms with Gasteiger partial charge in [0.25, 0.3) is 5.56 Å². The Kier molecular flexibility index (Phi) is 4.76. The fraction of sp³-hybridized carbons (Fsp3) is 0.542. The number of fused-ring (bicyclic) bond motifs is 2. The lowest BCUT2D eigenvalue weighted by Gasteiger charge is -2.30. The lowest BCUT2D eigenvalue weighted by Crippen LogP contribution is -2.35. The molecule has 152 valence electrons. The molecular formula is C24H29N3O2. The quantitative estimate of drug-likeness (QED) is 0.590. The highest BCUT2D eigenvalue weighted by atomic mass is 16.1. The molecule has 0 spiro atoms. The van der Waals surface area contributed by atoms with E-state index in [1.807, 2.05) is 40.4 Å². The summed E-state index contributed by atoms with van der Waals surface area (Å²) in [5.41, 5.74) is 1.09. The van der Waals surface area contributed by atoms with Crippen molar-refractivity contribution in [2.24, 2.45) is 7.05 Å². The SMILES string of the molecule is Cn1c2ccccc2c(=O)c2c(=O)n(C3CCCCC3)c(C3CCCCC3)nc21. The molecule has 0 aliphatic heterocycles. The highest BCUT2D eigenvalue weighted by Crippen LogP contribution is 2.35. The van der Waals surface area contributed by atoms with Crippen LogP contribution in [0.15, 0.2) is 33.9 Å². The van der Waals surface area contributed by atoms with E-state index in [1.165, 1.54) is 25.7 Å². The van der Waals surface area contributed by atoms with E-state index < -0.39 is 0 Å². The Morgan fingerprint density at radius 2 is 1.55 bits per heavy atom. The molecule has 2 fully saturated rings. The third kappa shape index (κ3) is 3.02. The highest BCUT2D eigenvalue weighted by Gasteiger charge is 2.28. The van der Waals surface area contributed by atoms with Gasteiger partial charge in [0.2, 0.25) is 5.43 Å². The minimum Gasteiger partial charge on any atom is -0.328 e. The van der Waals surface area contributed by atoms with E-state index in [2.05, 4.69) is 0 Å². The maximum absolute atomic E-state index is 13.8. The monoisotopic (exact) mass is 391 g/mol. The third-order valence-corrected chi connectivity index (χ3v) is 7.09. The Labute approximate surface area is 170 Å². The van der Waals surface area contributed by atoms with Crippen LogP contribution in [0.4, 0.5) is 0 Å². The molecule has 2 aliphatic rings. The minimum atomic E-state index is -0.175. The summed E-state index contributed by atoms with van der Waals surface area (Å²) in [6, 6.07) is 7.72. The smallest absolute Gasteiger partial charge is 0.267 e. The zero-order chi connectivity index (χ0) is 20.0. The van der Waals surface area contributed by atoms with Gasteiger partial charge in [-0.2, -0.15) is 0 Å². The molecule has 5 rings (SSSR count). The number of para-hydroxylation sites is 1. The fourth-order valence-corrected chi connectivity index (χ4v) is 5.53. The number of benzene rings is 1. The second-order valence-corrected chi connectivity index (χ2v) is 8.88. The van der Waals surface area contributed by atoms with Gasteiger partial charge in [-0.3, -0.25) is 14.2 Å². The van der Waals surface area contributed by atoms with Gasteiger partial charge in [-0.05, 0) is 37.8 Å². The maximum Gasteiger partial charge on any atom is 0.267 e. The van der Waals surface area contributed by atoms with Crippen molar-refractivity contribution in [1.82, 2.24) is 14.1 Å². The molecule has 0 N–H and O–H groups in total. The predicted octanol–water partition coefficient (Wildman–Crippen LogP) is 4.80. The number of hydrogen-bond acceptors (Lipinski definition) is 3. The number of nitrogens with zero attached hydrogens (tertiary/aromatic N) is 3. The zero-order valence-corrected chi connectivity index (χ0v) is 17.2. The van der Waals surface area contributed by atoms with E-state index in [0.717, 1.165) is 49.9 Å². The fourth-order valence-electron chi connectivity index (χ4n) is 5.53. The van der Waals surface area contributed by atoms with Gasteiger partial charge in [0.15, 0.2) is 5.65 Å². The predicted molar refractivity (Wildman–Crippen MR) is 117 cm³/mol. The number of rotatable bonds is 2. The van der Waals surface area contributed by atoms with E-state index in [1.54, 1.807) is 0 Å². The second kappa shape index (κ2) is 7.43. The second-order valence-electron chi connectivity index (χ2n) is 8.88. The summed E-state index contributed by atoms with van der Waals surface area (Å²) in [6.45, 7) is 0. The summed E-state index contributed by atoms with van der Waals surface area (Å²) in [7, 11) is 1.92. The van der Waals surface area contributed by atoms with Crippen LogP contribution in [-0.4, -0.2) is 14.1 Å². The topological polar surface area (TPSA) is 56.9 Å². The molecule has 0 saturated heterocycles. The normalized spacial score (nSPS) is 19.2. The molecule has 29 heavy (non-hydrogen) atoms. The maximum atomic E-state index is 13.8. The number of pyridine rings is 1. The molecule has 2 heterocycles. The van der Waals surface area contributed by atoms with Crippen molar-refractivity contribution < 1.29 is 0 Å². The summed E-state index contributed by atoms with van der Waals surface area (Å²) < 4.78 is 3.89. The molecule has 0 unspecified atom stereocenters. The largest absolute Gasteiger partial charge is 0.328 e. The van der Waals surface area contributed by atoms with Crippen LogP contribution in [0.1, 0.15) is 82.0 Å². The van der Waals surface area contributed by atoms with Gasteiger partial charge in [0, 0.05) is 24.4 Å². The Morgan fingerprint density at radius 1 is 0.897 bits per heavy atom. The van der Waals surface area contributed by atoms with Crippen LogP contribution in [0.3, 0.4) is 0 Å². The standard InChI is InChI=1S/C24H29N3O2/c1-26-19-15-9-8-14-18(19)21(28)20-23(26)25-22(16-10-4-2-5-11-16)27(24(20)29)17-12-6-3-7-13-17/h8-9,14-17H,2-7,10-13H2,1H3. The molecule has 2 aromatic heterocycles. The molecule has 0 atom stereocenters. The van der Waals surface area contributed by atoms with E-state index in [0.29, 0.717) is 17.0 Å². The van der Waals surface area contributed by atoms with Crippen LogP contribution >= 0.6 is 0 Å². The van der Waals surface area contributed by atoms with Crippen molar-refractivity contribution in [3.05, 3.63) is 50.7 Å². The van der Waals surface area contributed by atoms with Crippen molar-refractivity contribution in [1.29, 1.82) is 0 Å². The van der Waals surface area contributed by atoms with Crippen molar-refractivity contribution in [3.8, 4) is 0 Å². The third-order valence-electron chi connectivity index (χ3n) is 7.09. The van der Waals surface area contributed by atoms with Crippen LogP contribution in [0.25, 0.3) is 21.9 Å². The number of aryl methyl sites for hydroxylation is 1. The zero-order valence-electron chi connectivity index (χ0n) is 17.2. The molecule has 5 heteroatoms. The van der Waals surface area contributed by atoms with Crippen LogP contribution in [0.2, 0.25) is 0 Å². The first-order valence-corrected chi connectivity index (χ1v) is 11.2. The van der Waals surface area contributed by atoms with E-state index in [9.17, 15) is 9.59 Å². The molecule has 0 bridgehead atoms. The molecule has 0 amide bonds. The van der Waals surface area contributed by atoms with E-state index in [-0.39, 0.29) is 22.4 Å². The first kappa shape index (κ1) is 18.6. The van der Waals surface area contributed by atoms with E-state index >= 15 is 0 Å². The van der Waals surface area contributed by atoms with E-state index in [4.69, 9.17) is 4.98 Å². The summed E-state index contributed by atoms with van der Waals surface area (Å²) in [4.78, 5) is 32.2. The van der Waals surface area contributed by atoms with Crippen LogP contribution in [0, 0.1) is 0 Å².